The maximum atomic E-state index is 12.4. The van der Waals surface area contributed by atoms with Crippen molar-refractivity contribution in [2.24, 2.45) is 0 Å². The molecule has 0 fully saturated rings. The van der Waals surface area contributed by atoms with Crippen LogP contribution in [0.2, 0.25) is 0 Å². The van der Waals surface area contributed by atoms with Crippen LogP contribution in [0.3, 0.4) is 0 Å². The average Bonchev–Trinajstić information content (AvgIpc) is 2.75. The van der Waals surface area contributed by atoms with E-state index in [2.05, 4.69) is 10.0 Å². The number of unbranched alkanes of at least 4 members (excludes halogenated alkanes) is 2. The van der Waals surface area contributed by atoms with Gasteiger partial charge in [-0.3, -0.25) is 4.79 Å². The molecule has 0 aliphatic carbocycles. The molecule has 0 atom stereocenters. The summed E-state index contributed by atoms with van der Waals surface area (Å²) in [7, 11) is -3.60. The quantitative estimate of drug-likeness (QED) is 0.563. The maximum absolute atomic E-state index is 12.4. The molecule has 0 bridgehead atoms. The van der Waals surface area contributed by atoms with Crippen molar-refractivity contribution in [3.63, 3.8) is 0 Å². The second kappa shape index (κ2) is 10.4. The van der Waals surface area contributed by atoms with Crippen LogP contribution in [0, 0.1) is 6.92 Å². The van der Waals surface area contributed by atoms with Gasteiger partial charge >= 0.3 is 0 Å². The largest absolute Gasteiger partial charge is 0.486 e. The molecule has 2 N–H and O–H groups in total. The van der Waals surface area contributed by atoms with Gasteiger partial charge in [0.15, 0.2) is 11.5 Å². The molecule has 0 aromatic heterocycles. The second-order valence-corrected chi connectivity index (χ2v) is 9.04. The molecular formula is C22H28N2O5S. The first-order valence-corrected chi connectivity index (χ1v) is 11.6. The summed E-state index contributed by atoms with van der Waals surface area (Å²) in [5.41, 5.74) is 2.26. The number of rotatable bonds is 10. The fourth-order valence-electron chi connectivity index (χ4n) is 3.06. The van der Waals surface area contributed by atoms with Crippen LogP contribution in [0.15, 0.2) is 47.4 Å². The summed E-state index contributed by atoms with van der Waals surface area (Å²) in [5, 5.41) is 2.91. The lowest BCUT2D eigenvalue weighted by Gasteiger charge is -2.18. The van der Waals surface area contributed by atoms with Crippen LogP contribution in [-0.4, -0.2) is 34.1 Å². The second-order valence-electron chi connectivity index (χ2n) is 7.28. The highest BCUT2D eigenvalue weighted by Crippen LogP contribution is 2.32. The van der Waals surface area contributed by atoms with Crippen molar-refractivity contribution in [1.82, 2.24) is 10.0 Å². The lowest BCUT2D eigenvalue weighted by atomic mass is 10.1. The highest BCUT2D eigenvalue weighted by molar-refractivity contribution is 7.89. The Morgan fingerprint density at radius 2 is 1.70 bits per heavy atom. The molecule has 162 valence electrons. The minimum atomic E-state index is -3.60. The normalized spacial score (nSPS) is 13.1. The number of hydrogen-bond donors (Lipinski definition) is 2. The van der Waals surface area contributed by atoms with E-state index in [1.807, 2.05) is 31.2 Å². The summed E-state index contributed by atoms with van der Waals surface area (Å²) in [6, 6.07) is 12.6. The van der Waals surface area contributed by atoms with E-state index in [1.165, 1.54) is 17.7 Å². The Labute approximate surface area is 177 Å². The first-order valence-electron chi connectivity index (χ1n) is 10.2. The molecule has 1 heterocycles. The van der Waals surface area contributed by atoms with Crippen LogP contribution in [0.5, 0.6) is 11.5 Å². The zero-order chi connectivity index (χ0) is 21.4. The third-order valence-electron chi connectivity index (χ3n) is 4.81. The number of carbonyl (C=O) groups excluding carboxylic acids is 1. The first kappa shape index (κ1) is 22.1. The number of hydrogen-bond acceptors (Lipinski definition) is 5. The number of ether oxygens (including phenoxy) is 2. The number of nitrogens with one attached hydrogen (secondary N) is 2. The van der Waals surface area contributed by atoms with Gasteiger partial charge in [-0.25, -0.2) is 13.1 Å². The molecule has 3 rings (SSSR count). The van der Waals surface area contributed by atoms with Crippen molar-refractivity contribution in [2.75, 3.05) is 19.8 Å². The van der Waals surface area contributed by atoms with Gasteiger partial charge in [0.1, 0.15) is 13.2 Å². The summed E-state index contributed by atoms with van der Waals surface area (Å²) in [6.45, 7) is 3.73. The van der Waals surface area contributed by atoms with Crippen molar-refractivity contribution in [3.8, 4) is 11.5 Å². The van der Waals surface area contributed by atoms with Crippen molar-refractivity contribution < 1.29 is 22.7 Å². The smallest absolute Gasteiger partial charge is 0.240 e. The molecule has 0 saturated heterocycles. The molecule has 2 aromatic rings. The Balaban J connectivity index is 1.32. The lowest BCUT2D eigenvalue weighted by Crippen LogP contribution is -2.25. The molecule has 0 spiro atoms. The summed E-state index contributed by atoms with van der Waals surface area (Å²) < 4.78 is 38.3. The van der Waals surface area contributed by atoms with Crippen LogP contribution < -0.4 is 19.5 Å². The number of sulfonamides is 1. The maximum Gasteiger partial charge on any atom is 0.240 e. The zero-order valence-electron chi connectivity index (χ0n) is 17.1. The molecule has 1 aliphatic heterocycles. The van der Waals surface area contributed by atoms with E-state index in [9.17, 15) is 13.2 Å². The van der Waals surface area contributed by atoms with Gasteiger partial charge in [-0.2, -0.15) is 0 Å². The Kier molecular flexibility index (Phi) is 7.70. The van der Waals surface area contributed by atoms with Gasteiger partial charge < -0.3 is 14.8 Å². The first-order chi connectivity index (χ1) is 14.4. The number of amides is 1. The van der Waals surface area contributed by atoms with Gasteiger partial charge in [0.25, 0.3) is 0 Å². The monoisotopic (exact) mass is 432 g/mol. The standard InChI is InChI=1S/C22H28N2O5S/c1-17-6-8-18(9-7-17)16-23-22(25)5-3-2-4-12-24-30(26,27)19-10-11-20-21(15-19)29-14-13-28-20/h6-11,15,24H,2-5,12-14,16H2,1H3,(H,23,25). The zero-order valence-corrected chi connectivity index (χ0v) is 18.0. The van der Waals surface area contributed by atoms with Gasteiger partial charge in [-0.05, 0) is 37.5 Å². The average molecular weight is 433 g/mol. The minimum Gasteiger partial charge on any atom is -0.486 e. The Morgan fingerprint density at radius 1 is 0.967 bits per heavy atom. The Bertz CT molecular complexity index is 958. The van der Waals surface area contributed by atoms with Gasteiger partial charge in [0, 0.05) is 25.6 Å². The van der Waals surface area contributed by atoms with E-state index in [4.69, 9.17) is 9.47 Å². The van der Waals surface area contributed by atoms with Crippen molar-refractivity contribution in [3.05, 3.63) is 53.6 Å². The summed E-state index contributed by atoms with van der Waals surface area (Å²) >= 11 is 0. The van der Waals surface area contributed by atoms with E-state index in [0.29, 0.717) is 57.1 Å². The fraction of sp³-hybridized carbons (Fsp3) is 0.409. The van der Waals surface area contributed by atoms with Crippen LogP contribution in [0.25, 0.3) is 0 Å². The number of fused-ring (bicyclic) bond motifs is 1. The minimum absolute atomic E-state index is 0.00688. The van der Waals surface area contributed by atoms with E-state index in [0.717, 1.165) is 12.0 Å². The number of aryl methyl sites for hydroxylation is 1. The van der Waals surface area contributed by atoms with E-state index >= 15 is 0 Å². The van der Waals surface area contributed by atoms with Gasteiger partial charge in [-0.1, -0.05) is 36.2 Å². The number of benzene rings is 2. The highest BCUT2D eigenvalue weighted by atomic mass is 32.2. The van der Waals surface area contributed by atoms with Crippen molar-refractivity contribution >= 4 is 15.9 Å². The molecule has 30 heavy (non-hydrogen) atoms. The summed E-state index contributed by atoms with van der Waals surface area (Å²) in [4.78, 5) is 12.1. The fourth-order valence-corrected chi connectivity index (χ4v) is 4.15. The van der Waals surface area contributed by atoms with Gasteiger partial charge in [-0.15, -0.1) is 0 Å². The van der Waals surface area contributed by atoms with Crippen molar-refractivity contribution in [1.29, 1.82) is 0 Å². The van der Waals surface area contributed by atoms with Crippen LogP contribution in [0.4, 0.5) is 0 Å². The molecule has 7 nitrogen and oxygen atoms in total. The van der Waals surface area contributed by atoms with Crippen LogP contribution in [-0.2, 0) is 21.4 Å². The molecule has 0 saturated carbocycles. The molecule has 1 amide bonds. The molecule has 0 radical (unpaired) electrons. The predicted octanol–water partition coefficient (Wildman–Crippen LogP) is 2.92. The third-order valence-corrected chi connectivity index (χ3v) is 6.27. The number of carbonyl (C=O) groups is 1. The van der Waals surface area contributed by atoms with Gasteiger partial charge in [0.2, 0.25) is 15.9 Å². The molecule has 2 aromatic carbocycles. The van der Waals surface area contributed by atoms with Crippen LogP contribution >= 0.6 is 0 Å². The lowest BCUT2D eigenvalue weighted by molar-refractivity contribution is -0.121. The van der Waals surface area contributed by atoms with E-state index in [1.54, 1.807) is 6.07 Å². The molecule has 8 heteroatoms. The predicted molar refractivity (Wildman–Crippen MR) is 114 cm³/mol. The van der Waals surface area contributed by atoms with E-state index < -0.39 is 10.0 Å². The van der Waals surface area contributed by atoms with E-state index in [-0.39, 0.29) is 10.8 Å². The van der Waals surface area contributed by atoms with Crippen molar-refractivity contribution in [2.45, 2.75) is 44.0 Å². The van der Waals surface area contributed by atoms with Crippen LogP contribution in [0.1, 0.15) is 36.8 Å². The summed E-state index contributed by atoms with van der Waals surface area (Å²) in [6.07, 6.45) is 2.57. The third kappa shape index (κ3) is 6.47. The topological polar surface area (TPSA) is 93.7 Å². The SMILES string of the molecule is Cc1ccc(CNC(=O)CCCCCNS(=O)(=O)c2ccc3c(c2)OCCO3)cc1. The van der Waals surface area contributed by atoms with Gasteiger partial charge in [0.05, 0.1) is 4.90 Å². The molecule has 0 unspecified atom stereocenters. The molecule has 1 aliphatic rings. The highest BCUT2D eigenvalue weighted by Gasteiger charge is 2.18. The Hall–Kier alpha value is -2.58. The Morgan fingerprint density at radius 3 is 2.47 bits per heavy atom. The molecular weight excluding hydrogens is 404 g/mol. The summed E-state index contributed by atoms with van der Waals surface area (Å²) in [5.74, 6) is 1.01.